The van der Waals surface area contributed by atoms with E-state index in [0.717, 1.165) is 48.0 Å². The summed E-state index contributed by atoms with van der Waals surface area (Å²) in [6, 6.07) is 6.04. The minimum atomic E-state index is 0.445. The van der Waals surface area contributed by atoms with Gasteiger partial charge in [0.1, 0.15) is 11.5 Å². The summed E-state index contributed by atoms with van der Waals surface area (Å²) >= 11 is 0. The van der Waals surface area contributed by atoms with Crippen molar-refractivity contribution in [3.63, 3.8) is 0 Å². The van der Waals surface area contributed by atoms with Crippen LogP contribution in [0.3, 0.4) is 0 Å². The van der Waals surface area contributed by atoms with Crippen molar-refractivity contribution in [2.24, 2.45) is 5.92 Å². The predicted octanol–water partition coefficient (Wildman–Crippen LogP) is 2.90. The first-order valence-electron chi connectivity index (χ1n) is 7.24. The summed E-state index contributed by atoms with van der Waals surface area (Å²) in [6.07, 6.45) is 3.73. The summed E-state index contributed by atoms with van der Waals surface area (Å²) in [5.74, 6) is 2.23. The molecule has 1 unspecified atom stereocenters. The van der Waals surface area contributed by atoms with Gasteiger partial charge in [-0.3, -0.25) is 9.97 Å². The minimum Gasteiger partial charge on any atom is -0.497 e. The van der Waals surface area contributed by atoms with Crippen LogP contribution in [0.5, 0.6) is 11.5 Å². The van der Waals surface area contributed by atoms with Crippen molar-refractivity contribution >= 4 is 0 Å². The highest BCUT2D eigenvalue weighted by Crippen LogP contribution is 2.32. The molecule has 0 saturated carbocycles. The smallest absolute Gasteiger partial charge is 0.126 e. The summed E-state index contributed by atoms with van der Waals surface area (Å²) in [5.41, 5.74) is 4.31. The fraction of sp³-hybridized carbons (Fsp3) is 0.412. The SMILES string of the molecule is COc1ccc2c(c1)OCC(Cc1nc(C)cnc1C)C2. The highest BCUT2D eigenvalue weighted by Gasteiger charge is 2.22. The van der Waals surface area contributed by atoms with Gasteiger partial charge in [-0.2, -0.15) is 0 Å². The van der Waals surface area contributed by atoms with Gasteiger partial charge in [0.2, 0.25) is 0 Å². The van der Waals surface area contributed by atoms with Crippen LogP contribution in [-0.4, -0.2) is 23.7 Å². The molecule has 2 heterocycles. The Morgan fingerprint density at radius 1 is 1.33 bits per heavy atom. The third-order valence-corrected chi connectivity index (χ3v) is 3.91. The molecule has 0 radical (unpaired) electrons. The van der Waals surface area contributed by atoms with Gasteiger partial charge in [0.25, 0.3) is 0 Å². The van der Waals surface area contributed by atoms with Crippen LogP contribution in [0.2, 0.25) is 0 Å². The standard InChI is InChI=1S/C17H20N2O2/c1-11-9-18-12(2)16(19-11)7-13-6-14-4-5-15(20-3)8-17(14)21-10-13/h4-5,8-9,13H,6-7,10H2,1-3H3. The molecule has 3 rings (SSSR count). The molecule has 2 aromatic rings. The zero-order valence-corrected chi connectivity index (χ0v) is 12.7. The number of fused-ring (bicyclic) bond motifs is 1. The van der Waals surface area contributed by atoms with Crippen LogP contribution in [0.25, 0.3) is 0 Å². The Bertz CT molecular complexity index is 655. The second kappa shape index (κ2) is 5.72. The second-order valence-corrected chi connectivity index (χ2v) is 5.60. The number of hydrogen-bond donors (Lipinski definition) is 0. The lowest BCUT2D eigenvalue weighted by atomic mass is 9.92. The van der Waals surface area contributed by atoms with Gasteiger partial charge in [-0.1, -0.05) is 6.07 Å². The Labute approximate surface area is 125 Å². The Morgan fingerprint density at radius 2 is 2.19 bits per heavy atom. The summed E-state index contributed by atoms with van der Waals surface area (Å²) < 4.78 is 11.1. The Balaban J connectivity index is 1.76. The molecular formula is C17H20N2O2. The Kier molecular flexibility index (Phi) is 3.78. The van der Waals surface area contributed by atoms with E-state index < -0.39 is 0 Å². The van der Waals surface area contributed by atoms with Gasteiger partial charge < -0.3 is 9.47 Å². The van der Waals surface area contributed by atoms with Crippen LogP contribution < -0.4 is 9.47 Å². The van der Waals surface area contributed by atoms with Gasteiger partial charge in [0, 0.05) is 18.2 Å². The number of nitrogens with zero attached hydrogens (tertiary/aromatic N) is 2. The average molecular weight is 284 g/mol. The van der Waals surface area contributed by atoms with Crippen molar-refractivity contribution in [2.45, 2.75) is 26.7 Å². The van der Waals surface area contributed by atoms with Crippen LogP contribution in [0.1, 0.15) is 22.6 Å². The van der Waals surface area contributed by atoms with E-state index in [1.54, 1.807) is 7.11 Å². The monoisotopic (exact) mass is 284 g/mol. The van der Waals surface area contributed by atoms with E-state index in [1.807, 2.05) is 32.2 Å². The van der Waals surface area contributed by atoms with Crippen LogP contribution in [0, 0.1) is 19.8 Å². The van der Waals surface area contributed by atoms with E-state index in [2.05, 4.69) is 16.0 Å². The number of hydrogen-bond acceptors (Lipinski definition) is 4. The molecule has 110 valence electrons. The molecule has 0 aliphatic carbocycles. The maximum absolute atomic E-state index is 5.89. The number of aryl methyl sites for hydroxylation is 2. The van der Waals surface area contributed by atoms with E-state index in [4.69, 9.17) is 9.47 Å². The topological polar surface area (TPSA) is 44.2 Å². The highest BCUT2D eigenvalue weighted by molar-refractivity contribution is 5.42. The minimum absolute atomic E-state index is 0.445. The van der Waals surface area contributed by atoms with Gasteiger partial charge in [-0.25, -0.2) is 0 Å². The van der Waals surface area contributed by atoms with E-state index >= 15 is 0 Å². The molecule has 0 bridgehead atoms. The van der Waals surface area contributed by atoms with Crippen molar-refractivity contribution in [1.29, 1.82) is 0 Å². The van der Waals surface area contributed by atoms with E-state index in [1.165, 1.54) is 5.56 Å². The number of benzene rings is 1. The third kappa shape index (κ3) is 2.99. The summed E-state index contributed by atoms with van der Waals surface area (Å²) in [4.78, 5) is 9.00. The molecule has 0 fully saturated rings. The molecule has 1 aliphatic rings. The van der Waals surface area contributed by atoms with E-state index in [0.29, 0.717) is 5.92 Å². The zero-order valence-electron chi connectivity index (χ0n) is 12.7. The molecule has 1 atom stereocenters. The maximum Gasteiger partial charge on any atom is 0.126 e. The normalized spacial score (nSPS) is 17.0. The summed E-state index contributed by atoms with van der Waals surface area (Å²) in [7, 11) is 1.67. The lowest BCUT2D eigenvalue weighted by Gasteiger charge is -2.25. The lowest BCUT2D eigenvalue weighted by Crippen LogP contribution is -2.23. The van der Waals surface area contributed by atoms with Gasteiger partial charge in [0.15, 0.2) is 0 Å². The lowest BCUT2D eigenvalue weighted by molar-refractivity contribution is 0.219. The Morgan fingerprint density at radius 3 is 3.00 bits per heavy atom. The van der Waals surface area contributed by atoms with Crippen molar-refractivity contribution in [2.75, 3.05) is 13.7 Å². The quantitative estimate of drug-likeness (QED) is 0.869. The first-order chi connectivity index (χ1) is 10.2. The number of methoxy groups -OCH3 is 1. The number of aromatic nitrogens is 2. The van der Waals surface area contributed by atoms with Crippen molar-refractivity contribution < 1.29 is 9.47 Å². The maximum atomic E-state index is 5.89. The largest absolute Gasteiger partial charge is 0.497 e. The second-order valence-electron chi connectivity index (χ2n) is 5.60. The molecule has 1 aliphatic heterocycles. The molecule has 0 saturated heterocycles. The first-order valence-corrected chi connectivity index (χ1v) is 7.24. The van der Waals surface area contributed by atoms with Crippen molar-refractivity contribution in [3.8, 4) is 11.5 Å². The van der Waals surface area contributed by atoms with Crippen LogP contribution in [-0.2, 0) is 12.8 Å². The van der Waals surface area contributed by atoms with Gasteiger partial charge in [-0.05, 0) is 38.3 Å². The molecule has 0 spiro atoms. The van der Waals surface area contributed by atoms with E-state index in [9.17, 15) is 0 Å². The predicted molar refractivity (Wildman–Crippen MR) is 80.9 cm³/mol. The zero-order chi connectivity index (χ0) is 14.8. The molecular weight excluding hydrogens is 264 g/mol. The van der Waals surface area contributed by atoms with Crippen LogP contribution in [0.4, 0.5) is 0 Å². The summed E-state index contributed by atoms with van der Waals surface area (Å²) in [5, 5.41) is 0. The van der Waals surface area contributed by atoms with Gasteiger partial charge in [0.05, 0.1) is 30.8 Å². The fourth-order valence-electron chi connectivity index (χ4n) is 2.73. The van der Waals surface area contributed by atoms with Gasteiger partial charge >= 0.3 is 0 Å². The number of ether oxygens (including phenoxy) is 2. The van der Waals surface area contributed by atoms with Crippen LogP contribution in [0.15, 0.2) is 24.4 Å². The molecule has 0 N–H and O–H groups in total. The van der Waals surface area contributed by atoms with Crippen molar-refractivity contribution in [1.82, 2.24) is 9.97 Å². The average Bonchev–Trinajstić information content (AvgIpc) is 2.50. The first kappa shape index (κ1) is 13.9. The van der Waals surface area contributed by atoms with Crippen molar-refractivity contribution in [3.05, 3.63) is 47.0 Å². The molecule has 21 heavy (non-hydrogen) atoms. The third-order valence-electron chi connectivity index (χ3n) is 3.91. The molecule has 1 aromatic heterocycles. The highest BCUT2D eigenvalue weighted by atomic mass is 16.5. The molecule has 1 aromatic carbocycles. The molecule has 0 amide bonds. The van der Waals surface area contributed by atoms with Gasteiger partial charge in [-0.15, -0.1) is 0 Å². The molecule has 4 nitrogen and oxygen atoms in total. The number of rotatable bonds is 3. The Hall–Kier alpha value is -2.10. The van der Waals surface area contributed by atoms with Crippen LogP contribution >= 0.6 is 0 Å². The molecule has 4 heteroatoms. The summed E-state index contributed by atoms with van der Waals surface area (Å²) in [6.45, 7) is 4.72. The van der Waals surface area contributed by atoms with E-state index in [-0.39, 0.29) is 0 Å². The fourth-order valence-corrected chi connectivity index (χ4v) is 2.73.